The molecule has 0 atom stereocenters. The van der Waals surface area contributed by atoms with Crippen LogP contribution in [0.4, 0.5) is 8.78 Å². The van der Waals surface area contributed by atoms with E-state index in [9.17, 15) is 13.6 Å². The summed E-state index contributed by atoms with van der Waals surface area (Å²) in [5, 5.41) is 13.2. The molecule has 21 heavy (non-hydrogen) atoms. The second-order valence-corrected chi connectivity index (χ2v) is 5.89. The number of ketones is 1. The maximum atomic E-state index is 13.5. The van der Waals surface area contributed by atoms with Crippen LogP contribution in [0.15, 0.2) is 18.3 Å². The number of carbonyl (C=O) groups excluding carboxylic acids is 1. The molecule has 2 aromatic rings. The van der Waals surface area contributed by atoms with Crippen LogP contribution >= 0.6 is 0 Å². The Labute approximate surface area is 120 Å². The minimum atomic E-state index is -1.06. The van der Waals surface area contributed by atoms with E-state index in [1.165, 1.54) is 10.9 Å². The maximum Gasteiger partial charge on any atom is 0.187 e. The Morgan fingerprint density at radius 1 is 1.29 bits per heavy atom. The fourth-order valence-corrected chi connectivity index (χ4v) is 2.61. The van der Waals surface area contributed by atoms with Gasteiger partial charge in [-0.2, -0.15) is 5.10 Å². The Morgan fingerprint density at radius 2 is 1.90 bits per heavy atom. The number of nitrogens with zero attached hydrogens (tertiary/aromatic N) is 2. The first-order valence-corrected chi connectivity index (χ1v) is 6.61. The van der Waals surface area contributed by atoms with E-state index in [0.717, 1.165) is 12.1 Å². The first kappa shape index (κ1) is 13.7. The van der Waals surface area contributed by atoms with Gasteiger partial charge < -0.3 is 5.11 Å². The zero-order valence-corrected chi connectivity index (χ0v) is 11.7. The predicted octanol–water partition coefficient (Wildman–Crippen LogP) is 3.01. The second-order valence-electron chi connectivity index (χ2n) is 5.89. The van der Waals surface area contributed by atoms with Crippen LogP contribution in [0.2, 0.25) is 0 Å². The van der Waals surface area contributed by atoms with Crippen LogP contribution in [0.1, 0.15) is 36.3 Å². The molecule has 1 aliphatic rings. The lowest BCUT2D eigenvalue weighted by Gasteiger charge is -2.27. The molecule has 0 saturated carbocycles. The lowest BCUT2D eigenvalue weighted by molar-refractivity contribution is 0.0810. The average Bonchev–Trinajstić information content (AvgIpc) is 2.84. The number of hydrogen-bond acceptors (Lipinski definition) is 3. The quantitative estimate of drug-likeness (QED) is 0.879. The molecule has 1 N–H and O–H groups in total. The summed E-state index contributed by atoms with van der Waals surface area (Å²) in [5.74, 6) is -3.15. The van der Waals surface area contributed by atoms with E-state index >= 15 is 0 Å². The zero-order chi connectivity index (χ0) is 15.4. The van der Waals surface area contributed by atoms with E-state index in [1.54, 1.807) is 0 Å². The smallest absolute Gasteiger partial charge is 0.187 e. The maximum absolute atomic E-state index is 13.5. The molecule has 0 unspecified atom stereocenters. The third-order valence-corrected chi connectivity index (χ3v) is 3.96. The van der Waals surface area contributed by atoms with Gasteiger partial charge in [0.2, 0.25) is 0 Å². The molecule has 0 saturated heterocycles. The molecule has 0 amide bonds. The number of aromatic nitrogens is 2. The highest BCUT2D eigenvalue weighted by Gasteiger charge is 2.36. The van der Waals surface area contributed by atoms with Gasteiger partial charge in [-0.1, -0.05) is 13.8 Å². The monoisotopic (exact) mass is 292 g/mol. The molecule has 3 rings (SSSR count). The number of benzene rings is 1. The summed E-state index contributed by atoms with van der Waals surface area (Å²) < 4.78 is 28.3. The van der Waals surface area contributed by atoms with E-state index in [2.05, 4.69) is 5.10 Å². The summed E-state index contributed by atoms with van der Waals surface area (Å²) in [6.45, 7) is 3.74. The van der Waals surface area contributed by atoms with Gasteiger partial charge in [-0.15, -0.1) is 0 Å². The molecule has 0 fully saturated rings. The van der Waals surface area contributed by atoms with Gasteiger partial charge in [0.25, 0.3) is 0 Å². The first-order valence-electron chi connectivity index (χ1n) is 6.61. The number of hydrogen-bond donors (Lipinski definition) is 1. The number of carbonyl (C=O) groups is 1. The van der Waals surface area contributed by atoms with Gasteiger partial charge >= 0.3 is 0 Å². The molecule has 0 aliphatic heterocycles. The molecule has 1 aromatic heterocycles. The van der Waals surface area contributed by atoms with Crippen molar-refractivity contribution >= 4 is 5.78 Å². The van der Waals surface area contributed by atoms with Crippen molar-refractivity contribution in [1.29, 1.82) is 0 Å². The number of rotatable bonds is 1. The molecule has 4 nitrogen and oxygen atoms in total. The molecular weight excluding hydrogens is 278 g/mol. The number of aromatic hydroxyl groups is 1. The van der Waals surface area contributed by atoms with Gasteiger partial charge in [0.05, 0.1) is 23.1 Å². The van der Waals surface area contributed by atoms with Crippen molar-refractivity contribution in [2.45, 2.75) is 26.7 Å². The minimum Gasteiger partial charge on any atom is -0.503 e. The molecule has 0 bridgehead atoms. The Morgan fingerprint density at radius 3 is 2.52 bits per heavy atom. The Balaban J connectivity index is 2.13. The van der Waals surface area contributed by atoms with E-state index in [-0.39, 0.29) is 11.5 Å². The zero-order valence-electron chi connectivity index (χ0n) is 11.7. The molecule has 1 aliphatic carbocycles. The molecule has 110 valence electrons. The lowest BCUT2D eigenvalue weighted by atomic mass is 9.75. The van der Waals surface area contributed by atoms with Gasteiger partial charge in [0.15, 0.2) is 23.2 Å². The third-order valence-electron chi connectivity index (χ3n) is 3.96. The highest BCUT2D eigenvalue weighted by Crippen LogP contribution is 2.35. The SMILES string of the molecule is CC1(C)CCc2c(cnn2-c2cc(F)c(O)c(F)c2)C1=O. The van der Waals surface area contributed by atoms with Crippen molar-refractivity contribution in [2.75, 3.05) is 0 Å². The van der Waals surface area contributed by atoms with Gasteiger partial charge in [-0.05, 0) is 12.8 Å². The number of Topliss-reactive ketones (excluding diaryl/α,β-unsaturated/α-hetero) is 1. The van der Waals surface area contributed by atoms with Crippen LogP contribution in [0.25, 0.3) is 5.69 Å². The summed E-state index contributed by atoms with van der Waals surface area (Å²) >= 11 is 0. The van der Waals surface area contributed by atoms with Crippen LogP contribution in [0, 0.1) is 17.0 Å². The molecule has 0 radical (unpaired) electrons. The fourth-order valence-electron chi connectivity index (χ4n) is 2.61. The normalized spacial score (nSPS) is 16.9. The van der Waals surface area contributed by atoms with Gasteiger partial charge in [-0.3, -0.25) is 4.79 Å². The van der Waals surface area contributed by atoms with E-state index in [4.69, 9.17) is 5.11 Å². The van der Waals surface area contributed by atoms with Crippen LogP contribution in [0.3, 0.4) is 0 Å². The van der Waals surface area contributed by atoms with Crippen molar-refractivity contribution in [3.8, 4) is 11.4 Å². The molecule has 0 spiro atoms. The Bertz CT molecular complexity index is 727. The highest BCUT2D eigenvalue weighted by molar-refractivity contribution is 6.01. The first-order chi connectivity index (χ1) is 9.81. The second kappa shape index (κ2) is 4.38. The highest BCUT2D eigenvalue weighted by atomic mass is 19.1. The van der Waals surface area contributed by atoms with Crippen molar-refractivity contribution < 1.29 is 18.7 Å². The number of phenols is 1. The average molecular weight is 292 g/mol. The predicted molar refractivity (Wildman–Crippen MR) is 71.6 cm³/mol. The van der Waals surface area contributed by atoms with Crippen molar-refractivity contribution in [3.05, 3.63) is 41.2 Å². The van der Waals surface area contributed by atoms with Crippen LogP contribution < -0.4 is 0 Å². The minimum absolute atomic E-state index is 0.0188. The molecule has 6 heteroatoms. The summed E-state index contributed by atoms with van der Waals surface area (Å²) in [6, 6.07) is 1.99. The fraction of sp³-hybridized carbons (Fsp3) is 0.333. The third kappa shape index (κ3) is 2.02. The standard InChI is InChI=1S/C15H14F2N2O2/c1-15(2)4-3-12-9(14(15)21)7-18-19(12)8-5-10(16)13(20)11(17)6-8/h5-7,20H,3-4H2,1-2H3. The van der Waals surface area contributed by atoms with Gasteiger partial charge in [0, 0.05) is 17.5 Å². The van der Waals surface area contributed by atoms with E-state index < -0.39 is 22.8 Å². The Kier molecular flexibility index (Phi) is 2.86. The van der Waals surface area contributed by atoms with Crippen molar-refractivity contribution in [2.24, 2.45) is 5.41 Å². The molecule has 1 heterocycles. The van der Waals surface area contributed by atoms with Crippen molar-refractivity contribution in [3.63, 3.8) is 0 Å². The summed E-state index contributed by atoms with van der Waals surface area (Å²) in [5.41, 5.74) is 0.826. The number of phenolic OH excluding ortho intramolecular Hbond substituents is 1. The largest absolute Gasteiger partial charge is 0.503 e. The van der Waals surface area contributed by atoms with E-state index in [0.29, 0.717) is 24.1 Å². The molecular formula is C15H14F2N2O2. The van der Waals surface area contributed by atoms with Crippen molar-refractivity contribution in [1.82, 2.24) is 9.78 Å². The topological polar surface area (TPSA) is 55.1 Å². The number of halogens is 2. The molecule has 1 aromatic carbocycles. The summed E-state index contributed by atoms with van der Waals surface area (Å²) in [6.07, 6.45) is 2.67. The lowest BCUT2D eigenvalue weighted by Crippen LogP contribution is -2.30. The van der Waals surface area contributed by atoms with Gasteiger partial charge in [-0.25, -0.2) is 13.5 Å². The van der Waals surface area contributed by atoms with Crippen LogP contribution in [-0.4, -0.2) is 20.7 Å². The summed E-state index contributed by atoms with van der Waals surface area (Å²) in [7, 11) is 0. The number of fused-ring (bicyclic) bond motifs is 1. The van der Waals surface area contributed by atoms with Crippen LogP contribution in [0.5, 0.6) is 5.75 Å². The summed E-state index contributed by atoms with van der Waals surface area (Å²) in [4.78, 5) is 12.3. The Hall–Kier alpha value is -2.24. The van der Waals surface area contributed by atoms with Crippen LogP contribution in [-0.2, 0) is 6.42 Å². The van der Waals surface area contributed by atoms with E-state index in [1.807, 2.05) is 13.8 Å². The van der Waals surface area contributed by atoms with Gasteiger partial charge in [0.1, 0.15) is 0 Å².